The van der Waals surface area contributed by atoms with Crippen molar-refractivity contribution in [3.05, 3.63) is 34.3 Å². The maximum Gasteiger partial charge on any atom is 0.171 e. The molecule has 20 heavy (non-hydrogen) atoms. The van der Waals surface area contributed by atoms with Crippen LogP contribution in [-0.4, -0.2) is 22.9 Å². The van der Waals surface area contributed by atoms with Gasteiger partial charge in [-0.1, -0.05) is 15.9 Å². The van der Waals surface area contributed by atoms with Crippen LogP contribution in [-0.2, 0) is 0 Å². The number of benzene rings is 1. The first-order chi connectivity index (χ1) is 9.70. The van der Waals surface area contributed by atoms with Crippen LogP contribution in [0.2, 0.25) is 0 Å². The summed E-state index contributed by atoms with van der Waals surface area (Å²) in [6.45, 7) is 1.87. The molecule has 0 atom stereocenters. The van der Waals surface area contributed by atoms with Crippen molar-refractivity contribution in [1.29, 1.82) is 5.26 Å². The molecular formula is C14H14BrN5. The minimum absolute atomic E-state index is 0.400. The Labute approximate surface area is 125 Å². The lowest BCUT2D eigenvalue weighted by molar-refractivity contribution is 0.849. The highest BCUT2D eigenvalue weighted by molar-refractivity contribution is 9.10. The Bertz CT molecular complexity index is 662. The number of nitrogens with two attached hydrogens (primary N) is 1. The quantitative estimate of drug-likeness (QED) is 0.918. The summed E-state index contributed by atoms with van der Waals surface area (Å²) in [6, 6.07) is 9.88. The first kappa shape index (κ1) is 13.0. The Balaban J connectivity index is 2.08. The number of aromatic nitrogens is 2. The standard InChI is InChI=1S/C14H14BrN5/c15-10-3-5-11(6-4-10)20-13(17)12(9-16)14(18-20)19-7-1-2-8-19/h3-6H,1-2,7-8,17H2. The Morgan fingerprint density at radius 2 is 1.85 bits per heavy atom. The first-order valence-corrected chi connectivity index (χ1v) is 7.29. The van der Waals surface area contributed by atoms with Crippen molar-refractivity contribution in [3.63, 3.8) is 0 Å². The molecule has 0 saturated carbocycles. The highest BCUT2D eigenvalue weighted by atomic mass is 79.9. The van der Waals surface area contributed by atoms with Crippen LogP contribution in [0.4, 0.5) is 11.6 Å². The second-order valence-corrected chi connectivity index (χ2v) is 5.69. The van der Waals surface area contributed by atoms with Gasteiger partial charge in [0, 0.05) is 17.6 Å². The summed E-state index contributed by atoms with van der Waals surface area (Å²) >= 11 is 3.40. The molecule has 0 amide bonds. The summed E-state index contributed by atoms with van der Waals surface area (Å²) < 4.78 is 2.63. The fourth-order valence-corrected chi connectivity index (χ4v) is 2.72. The fraction of sp³-hybridized carbons (Fsp3) is 0.286. The monoisotopic (exact) mass is 331 g/mol. The zero-order valence-electron chi connectivity index (χ0n) is 10.9. The van der Waals surface area contributed by atoms with Crippen molar-refractivity contribution < 1.29 is 0 Å². The van der Waals surface area contributed by atoms with Gasteiger partial charge in [0.1, 0.15) is 17.5 Å². The van der Waals surface area contributed by atoms with Gasteiger partial charge in [-0.25, -0.2) is 4.68 Å². The van der Waals surface area contributed by atoms with Crippen LogP contribution in [0.25, 0.3) is 5.69 Å². The number of anilines is 2. The summed E-state index contributed by atoms with van der Waals surface area (Å²) in [6.07, 6.45) is 2.27. The van der Waals surface area contributed by atoms with Gasteiger partial charge in [-0.2, -0.15) is 5.26 Å². The molecule has 1 aromatic heterocycles. The maximum absolute atomic E-state index is 9.35. The summed E-state index contributed by atoms with van der Waals surface area (Å²) in [5.41, 5.74) is 7.41. The molecule has 0 radical (unpaired) electrons. The third-order valence-electron chi connectivity index (χ3n) is 3.49. The Morgan fingerprint density at radius 1 is 1.20 bits per heavy atom. The number of hydrogen-bond donors (Lipinski definition) is 1. The molecule has 0 aliphatic carbocycles. The molecule has 2 heterocycles. The van der Waals surface area contributed by atoms with Crippen LogP contribution in [0.1, 0.15) is 18.4 Å². The van der Waals surface area contributed by atoms with Crippen LogP contribution in [0, 0.1) is 11.3 Å². The normalized spacial score (nSPS) is 14.5. The van der Waals surface area contributed by atoms with Crippen LogP contribution in [0.5, 0.6) is 0 Å². The SMILES string of the molecule is N#Cc1c(N2CCCC2)nn(-c2ccc(Br)cc2)c1N. The molecule has 0 bridgehead atoms. The first-order valence-electron chi connectivity index (χ1n) is 6.50. The van der Waals surface area contributed by atoms with Crippen LogP contribution in [0.15, 0.2) is 28.7 Å². The topological polar surface area (TPSA) is 70.9 Å². The van der Waals surface area contributed by atoms with E-state index in [9.17, 15) is 5.26 Å². The van der Waals surface area contributed by atoms with Crippen LogP contribution in [0.3, 0.4) is 0 Å². The van der Waals surface area contributed by atoms with Crippen molar-refractivity contribution in [2.45, 2.75) is 12.8 Å². The van der Waals surface area contributed by atoms with Crippen LogP contribution < -0.4 is 10.6 Å². The van der Waals surface area contributed by atoms with E-state index in [1.54, 1.807) is 4.68 Å². The van der Waals surface area contributed by atoms with Crippen molar-refractivity contribution >= 4 is 27.6 Å². The van der Waals surface area contributed by atoms with E-state index in [0.717, 1.165) is 36.1 Å². The molecule has 1 aromatic carbocycles. The van der Waals surface area contributed by atoms with E-state index in [0.29, 0.717) is 17.2 Å². The molecule has 102 valence electrons. The predicted molar refractivity (Wildman–Crippen MR) is 81.8 cm³/mol. The van der Waals surface area contributed by atoms with Gasteiger partial charge in [-0.05, 0) is 37.1 Å². The van der Waals surface area contributed by atoms with E-state index in [-0.39, 0.29) is 0 Å². The van der Waals surface area contributed by atoms with E-state index in [2.05, 4.69) is 32.0 Å². The molecule has 1 aliphatic rings. The summed E-state index contributed by atoms with van der Waals surface area (Å²) in [4.78, 5) is 2.13. The smallest absolute Gasteiger partial charge is 0.171 e. The number of nitrogen functional groups attached to an aromatic ring is 1. The molecule has 2 aromatic rings. The van der Waals surface area contributed by atoms with Gasteiger partial charge < -0.3 is 10.6 Å². The maximum atomic E-state index is 9.35. The highest BCUT2D eigenvalue weighted by Gasteiger charge is 2.23. The molecule has 5 nitrogen and oxygen atoms in total. The van der Waals surface area contributed by atoms with Gasteiger partial charge in [0.25, 0.3) is 0 Å². The molecule has 6 heteroatoms. The third kappa shape index (κ3) is 2.14. The summed E-state index contributed by atoms with van der Waals surface area (Å²) in [5, 5.41) is 13.9. The molecule has 3 rings (SSSR count). The lowest BCUT2D eigenvalue weighted by Gasteiger charge is -2.13. The second kappa shape index (κ2) is 5.17. The molecule has 0 unspecified atom stereocenters. The number of nitriles is 1. The van der Waals surface area contributed by atoms with Crippen LogP contribution >= 0.6 is 15.9 Å². The number of nitrogens with zero attached hydrogens (tertiary/aromatic N) is 4. The summed E-state index contributed by atoms with van der Waals surface area (Å²) in [5.74, 6) is 1.10. The largest absolute Gasteiger partial charge is 0.382 e. The molecular weight excluding hydrogens is 318 g/mol. The van der Waals surface area contributed by atoms with Crippen molar-refractivity contribution in [2.75, 3.05) is 23.7 Å². The van der Waals surface area contributed by atoms with E-state index in [1.807, 2.05) is 24.3 Å². The third-order valence-corrected chi connectivity index (χ3v) is 4.02. The average molecular weight is 332 g/mol. The zero-order valence-corrected chi connectivity index (χ0v) is 12.5. The van der Waals surface area contributed by atoms with Crippen molar-refractivity contribution in [2.24, 2.45) is 0 Å². The number of hydrogen-bond acceptors (Lipinski definition) is 4. The summed E-state index contributed by atoms with van der Waals surface area (Å²) in [7, 11) is 0. The van der Waals surface area contributed by atoms with Gasteiger partial charge in [0.15, 0.2) is 5.82 Å². The van der Waals surface area contributed by atoms with Gasteiger partial charge in [-0.3, -0.25) is 0 Å². The van der Waals surface area contributed by atoms with Gasteiger partial charge in [0.05, 0.1) is 5.69 Å². The molecule has 1 saturated heterocycles. The molecule has 1 fully saturated rings. The fourth-order valence-electron chi connectivity index (χ4n) is 2.46. The Hall–Kier alpha value is -2.00. The molecule has 2 N–H and O–H groups in total. The minimum atomic E-state index is 0.400. The number of halogens is 1. The lowest BCUT2D eigenvalue weighted by Crippen LogP contribution is -2.19. The number of rotatable bonds is 2. The highest BCUT2D eigenvalue weighted by Crippen LogP contribution is 2.29. The van der Waals surface area contributed by atoms with E-state index in [4.69, 9.17) is 5.73 Å². The Kier molecular flexibility index (Phi) is 3.36. The Morgan fingerprint density at radius 3 is 2.45 bits per heavy atom. The average Bonchev–Trinajstić information content (AvgIpc) is 3.07. The second-order valence-electron chi connectivity index (χ2n) is 4.78. The van der Waals surface area contributed by atoms with Crippen molar-refractivity contribution in [1.82, 2.24) is 9.78 Å². The van der Waals surface area contributed by atoms with Gasteiger partial charge in [-0.15, -0.1) is 5.10 Å². The van der Waals surface area contributed by atoms with Gasteiger partial charge in [0.2, 0.25) is 0 Å². The van der Waals surface area contributed by atoms with E-state index in [1.165, 1.54) is 0 Å². The van der Waals surface area contributed by atoms with E-state index < -0.39 is 0 Å². The molecule has 1 aliphatic heterocycles. The minimum Gasteiger partial charge on any atom is -0.382 e. The van der Waals surface area contributed by atoms with Gasteiger partial charge >= 0.3 is 0 Å². The zero-order chi connectivity index (χ0) is 14.1. The van der Waals surface area contributed by atoms with Crippen molar-refractivity contribution in [3.8, 4) is 11.8 Å². The van der Waals surface area contributed by atoms with E-state index >= 15 is 0 Å². The predicted octanol–water partition coefficient (Wildman–Crippen LogP) is 2.69. The molecule has 0 spiro atoms. The lowest BCUT2D eigenvalue weighted by atomic mass is 10.3.